The zero-order valence-corrected chi connectivity index (χ0v) is 9.34. The number of aliphatic hydroxyl groups is 1. The molecule has 0 bridgehead atoms. The molecular weight excluding hydrogens is 232 g/mol. The van der Waals surface area contributed by atoms with Crippen LogP contribution >= 0.6 is 15.9 Å². The second-order valence-electron chi connectivity index (χ2n) is 2.97. The Morgan fingerprint density at radius 1 is 1.54 bits per heavy atom. The molecule has 1 aromatic rings. The molecule has 0 saturated carbocycles. The molecule has 3 heteroatoms. The minimum Gasteiger partial charge on any atom is -0.496 e. The summed E-state index contributed by atoms with van der Waals surface area (Å²) in [5.41, 5.74) is 1.01. The molecule has 0 spiro atoms. The zero-order chi connectivity index (χ0) is 9.84. The highest BCUT2D eigenvalue weighted by molar-refractivity contribution is 9.10. The van der Waals surface area contributed by atoms with Gasteiger partial charge < -0.3 is 9.84 Å². The standard InChI is InChI=1S/C10H13BrO2/c1-7(12)6-8-9(11)4-3-5-10(8)13-2/h3-5,7,12H,6H2,1-2H3/t7-/m0/s1. The highest BCUT2D eigenvalue weighted by Gasteiger charge is 2.09. The fraction of sp³-hybridized carbons (Fsp3) is 0.400. The Morgan fingerprint density at radius 2 is 2.23 bits per heavy atom. The van der Waals surface area contributed by atoms with Crippen molar-refractivity contribution in [3.05, 3.63) is 28.2 Å². The molecule has 1 rings (SSSR count). The third-order valence-corrected chi connectivity index (χ3v) is 2.54. The van der Waals surface area contributed by atoms with Crippen LogP contribution in [0.15, 0.2) is 22.7 Å². The Labute approximate surface area is 86.7 Å². The van der Waals surface area contributed by atoms with Crippen molar-refractivity contribution in [2.75, 3.05) is 7.11 Å². The van der Waals surface area contributed by atoms with Gasteiger partial charge in [-0.05, 0) is 19.1 Å². The van der Waals surface area contributed by atoms with E-state index in [2.05, 4.69) is 15.9 Å². The largest absolute Gasteiger partial charge is 0.496 e. The second-order valence-corrected chi connectivity index (χ2v) is 3.83. The topological polar surface area (TPSA) is 29.5 Å². The molecule has 0 fully saturated rings. The number of aliphatic hydroxyl groups excluding tert-OH is 1. The lowest BCUT2D eigenvalue weighted by Gasteiger charge is -2.11. The van der Waals surface area contributed by atoms with Crippen LogP contribution in [0.4, 0.5) is 0 Å². The van der Waals surface area contributed by atoms with Crippen molar-refractivity contribution in [2.45, 2.75) is 19.4 Å². The molecule has 0 unspecified atom stereocenters. The number of halogens is 1. The van der Waals surface area contributed by atoms with Crippen molar-refractivity contribution in [1.82, 2.24) is 0 Å². The predicted octanol–water partition coefficient (Wildman–Crippen LogP) is 2.38. The van der Waals surface area contributed by atoms with E-state index in [1.807, 2.05) is 18.2 Å². The van der Waals surface area contributed by atoms with Crippen LogP contribution in [0.2, 0.25) is 0 Å². The molecule has 0 radical (unpaired) electrons. The third kappa shape index (κ3) is 2.71. The van der Waals surface area contributed by atoms with Gasteiger partial charge in [0.05, 0.1) is 13.2 Å². The normalized spacial score (nSPS) is 12.6. The van der Waals surface area contributed by atoms with E-state index in [-0.39, 0.29) is 6.10 Å². The Bertz CT molecular complexity index is 284. The van der Waals surface area contributed by atoms with Gasteiger partial charge in [-0.3, -0.25) is 0 Å². The molecule has 2 nitrogen and oxygen atoms in total. The van der Waals surface area contributed by atoms with Gasteiger partial charge in [-0.2, -0.15) is 0 Å². The number of methoxy groups -OCH3 is 1. The van der Waals surface area contributed by atoms with Gasteiger partial charge in [0.1, 0.15) is 5.75 Å². The summed E-state index contributed by atoms with van der Waals surface area (Å²) in [5, 5.41) is 9.27. The summed E-state index contributed by atoms with van der Waals surface area (Å²) in [4.78, 5) is 0. The van der Waals surface area contributed by atoms with Crippen molar-refractivity contribution in [3.8, 4) is 5.75 Å². The monoisotopic (exact) mass is 244 g/mol. The Morgan fingerprint density at radius 3 is 2.77 bits per heavy atom. The fourth-order valence-electron chi connectivity index (χ4n) is 1.22. The van der Waals surface area contributed by atoms with Crippen molar-refractivity contribution in [3.63, 3.8) is 0 Å². The first-order valence-electron chi connectivity index (χ1n) is 4.14. The highest BCUT2D eigenvalue weighted by atomic mass is 79.9. The number of rotatable bonds is 3. The molecular formula is C10H13BrO2. The molecule has 1 N–H and O–H groups in total. The van der Waals surface area contributed by atoms with Crippen LogP contribution in [0.3, 0.4) is 0 Å². The summed E-state index contributed by atoms with van der Waals surface area (Å²) in [6, 6.07) is 5.75. The molecule has 1 aromatic carbocycles. The molecule has 0 aliphatic heterocycles. The Hall–Kier alpha value is -0.540. The zero-order valence-electron chi connectivity index (χ0n) is 7.75. The first kappa shape index (κ1) is 10.5. The van der Waals surface area contributed by atoms with Gasteiger partial charge in [0.15, 0.2) is 0 Å². The summed E-state index contributed by atoms with van der Waals surface area (Å²) in [7, 11) is 1.63. The Kier molecular flexibility index (Phi) is 3.75. The van der Waals surface area contributed by atoms with Gasteiger partial charge in [-0.25, -0.2) is 0 Å². The summed E-state index contributed by atoms with van der Waals surface area (Å²) < 4.78 is 6.17. The average Bonchev–Trinajstić information content (AvgIpc) is 2.08. The summed E-state index contributed by atoms with van der Waals surface area (Å²) in [6.07, 6.45) is 0.248. The third-order valence-electron chi connectivity index (χ3n) is 1.80. The molecule has 1 atom stereocenters. The van der Waals surface area contributed by atoms with E-state index in [9.17, 15) is 5.11 Å². The minimum atomic E-state index is -0.354. The quantitative estimate of drug-likeness (QED) is 0.885. The molecule has 0 saturated heterocycles. The maximum absolute atomic E-state index is 9.27. The summed E-state index contributed by atoms with van der Waals surface area (Å²) in [6.45, 7) is 1.76. The minimum absolute atomic E-state index is 0.354. The number of ether oxygens (including phenoxy) is 1. The number of hydrogen-bond acceptors (Lipinski definition) is 2. The predicted molar refractivity (Wildman–Crippen MR) is 56.1 cm³/mol. The van der Waals surface area contributed by atoms with Crippen LogP contribution in [0.25, 0.3) is 0 Å². The molecule has 0 amide bonds. The number of hydrogen-bond donors (Lipinski definition) is 1. The van der Waals surface area contributed by atoms with E-state index in [1.54, 1.807) is 14.0 Å². The van der Waals surface area contributed by atoms with Gasteiger partial charge in [-0.15, -0.1) is 0 Å². The summed E-state index contributed by atoms with van der Waals surface area (Å²) >= 11 is 3.43. The smallest absolute Gasteiger partial charge is 0.123 e. The van der Waals surface area contributed by atoms with E-state index in [1.165, 1.54) is 0 Å². The molecule has 0 aromatic heterocycles. The van der Waals surface area contributed by atoms with Crippen LogP contribution in [0.5, 0.6) is 5.75 Å². The van der Waals surface area contributed by atoms with Gasteiger partial charge >= 0.3 is 0 Å². The molecule has 0 aliphatic carbocycles. The van der Waals surface area contributed by atoms with E-state index in [0.29, 0.717) is 6.42 Å². The van der Waals surface area contributed by atoms with Crippen molar-refractivity contribution in [1.29, 1.82) is 0 Å². The lowest BCUT2D eigenvalue weighted by molar-refractivity contribution is 0.194. The van der Waals surface area contributed by atoms with Gasteiger partial charge in [0.25, 0.3) is 0 Å². The molecule has 72 valence electrons. The SMILES string of the molecule is COc1cccc(Br)c1C[C@H](C)O. The van der Waals surface area contributed by atoms with Crippen LogP contribution in [-0.2, 0) is 6.42 Å². The van der Waals surface area contributed by atoms with Gasteiger partial charge in [0, 0.05) is 16.5 Å². The van der Waals surface area contributed by atoms with Crippen molar-refractivity contribution < 1.29 is 9.84 Å². The highest BCUT2D eigenvalue weighted by Crippen LogP contribution is 2.27. The van der Waals surface area contributed by atoms with Crippen LogP contribution < -0.4 is 4.74 Å². The van der Waals surface area contributed by atoms with Gasteiger partial charge in [0.2, 0.25) is 0 Å². The first-order valence-corrected chi connectivity index (χ1v) is 4.94. The van der Waals surface area contributed by atoms with E-state index < -0.39 is 0 Å². The van der Waals surface area contributed by atoms with Crippen molar-refractivity contribution in [2.24, 2.45) is 0 Å². The average molecular weight is 245 g/mol. The molecule has 0 aliphatic rings. The van der Waals surface area contributed by atoms with E-state index in [4.69, 9.17) is 4.74 Å². The Balaban J connectivity index is 3.00. The fourth-order valence-corrected chi connectivity index (χ4v) is 1.73. The number of benzene rings is 1. The maximum atomic E-state index is 9.27. The van der Waals surface area contributed by atoms with E-state index >= 15 is 0 Å². The van der Waals surface area contributed by atoms with Crippen LogP contribution in [0.1, 0.15) is 12.5 Å². The van der Waals surface area contributed by atoms with Crippen LogP contribution in [0, 0.1) is 0 Å². The maximum Gasteiger partial charge on any atom is 0.123 e. The second kappa shape index (κ2) is 4.63. The van der Waals surface area contributed by atoms with Gasteiger partial charge in [-0.1, -0.05) is 22.0 Å². The van der Waals surface area contributed by atoms with Crippen LogP contribution in [-0.4, -0.2) is 18.3 Å². The molecule has 0 heterocycles. The first-order chi connectivity index (χ1) is 6.15. The summed E-state index contributed by atoms with van der Waals surface area (Å²) in [5.74, 6) is 0.815. The lowest BCUT2D eigenvalue weighted by atomic mass is 10.1. The lowest BCUT2D eigenvalue weighted by Crippen LogP contribution is -2.06. The van der Waals surface area contributed by atoms with E-state index in [0.717, 1.165) is 15.8 Å². The molecule has 13 heavy (non-hydrogen) atoms. The van der Waals surface area contributed by atoms with Crippen molar-refractivity contribution >= 4 is 15.9 Å².